The summed E-state index contributed by atoms with van der Waals surface area (Å²) in [6.07, 6.45) is 4.14. The van der Waals surface area contributed by atoms with Crippen molar-refractivity contribution in [3.8, 4) is 0 Å². The Bertz CT molecular complexity index is 506. The molecule has 0 bridgehead atoms. The van der Waals surface area contributed by atoms with Crippen LogP contribution in [-0.4, -0.2) is 37.9 Å². The molecule has 122 valence electrons. The van der Waals surface area contributed by atoms with Crippen LogP contribution in [0.25, 0.3) is 0 Å². The van der Waals surface area contributed by atoms with Gasteiger partial charge in [0.05, 0.1) is 5.69 Å². The summed E-state index contributed by atoms with van der Waals surface area (Å²) < 4.78 is 14.6. The molecule has 0 saturated carbocycles. The highest BCUT2D eigenvalue weighted by Gasteiger charge is 2.30. The van der Waals surface area contributed by atoms with Gasteiger partial charge in [-0.2, -0.15) is 0 Å². The van der Waals surface area contributed by atoms with Gasteiger partial charge in [0, 0.05) is 26.2 Å². The molecule has 2 N–H and O–H groups in total. The lowest BCUT2D eigenvalue weighted by Gasteiger charge is -2.39. The number of anilines is 1. The summed E-state index contributed by atoms with van der Waals surface area (Å²) in [5.74, 6) is 0.340. The number of rotatable bonds is 3. The first kappa shape index (κ1) is 15.8. The van der Waals surface area contributed by atoms with Crippen LogP contribution >= 0.6 is 0 Å². The van der Waals surface area contributed by atoms with Crippen molar-refractivity contribution in [2.75, 3.05) is 37.7 Å². The summed E-state index contributed by atoms with van der Waals surface area (Å²) in [5, 5.41) is 12.8. The molecule has 22 heavy (non-hydrogen) atoms. The molecular weight excluding hydrogens is 279 g/mol. The van der Waals surface area contributed by atoms with Crippen LogP contribution in [0.2, 0.25) is 0 Å². The van der Waals surface area contributed by atoms with E-state index in [0.717, 1.165) is 51.0 Å². The van der Waals surface area contributed by atoms with Crippen molar-refractivity contribution in [1.29, 1.82) is 0 Å². The molecule has 2 saturated heterocycles. The number of aliphatic hydroxyl groups is 1. The number of piperidine rings is 2. The standard InChI is InChI=1S/C18H27FN2O/c1-18(13-22)6-9-21(10-7-18)17-5-4-14(11-16(17)19)15-3-2-8-20-12-15/h4-5,11,15,20,22H,2-3,6-10,12-13H2,1H3. The van der Waals surface area contributed by atoms with Crippen molar-refractivity contribution in [2.24, 2.45) is 5.41 Å². The number of halogens is 1. The zero-order chi connectivity index (χ0) is 15.6. The van der Waals surface area contributed by atoms with Gasteiger partial charge in [-0.1, -0.05) is 13.0 Å². The van der Waals surface area contributed by atoms with E-state index in [1.807, 2.05) is 6.07 Å². The molecule has 2 aliphatic rings. The second-order valence-corrected chi connectivity index (χ2v) is 7.21. The zero-order valence-corrected chi connectivity index (χ0v) is 13.4. The highest BCUT2D eigenvalue weighted by Crippen LogP contribution is 2.34. The van der Waals surface area contributed by atoms with E-state index in [1.54, 1.807) is 6.07 Å². The van der Waals surface area contributed by atoms with Gasteiger partial charge >= 0.3 is 0 Å². The van der Waals surface area contributed by atoms with Crippen LogP contribution in [0, 0.1) is 11.2 Å². The third kappa shape index (κ3) is 3.28. The maximum atomic E-state index is 14.6. The third-order valence-corrected chi connectivity index (χ3v) is 5.43. The normalized spacial score (nSPS) is 25.2. The van der Waals surface area contributed by atoms with E-state index in [4.69, 9.17) is 0 Å². The summed E-state index contributed by atoms with van der Waals surface area (Å²) in [5.41, 5.74) is 1.83. The molecule has 1 unspecified atom stereocenters. The first-order chi connectivity index (χ1) is 10.6. The second-order valence-electron chi connectivity index (χ2n) is 7.21. The van der Waals surface area contributed by atoms with E-state index in [9.17, 15) is 9.50 Å². The number of hydrogen-bond acceptors (Lipinski definition) is 3. The van der Waals surface area contributed by atoms with E-state index < -0.39 is 0 Å². The Morgan fingerprint density at radius 1 is 1.36 bits per heavy atom. The molecule has 0 radical (unpaired) electrons. The topological polar surface area (TPSA) is 35.5 Å². The van der Waals surface area contributed by atoms with Gasteiger partial charge in [-0.05, 0) is 61.3 Å². The molecule has 2 aliphatic heterocycles. The first-order valence-electron chi connectivity index (χ1n) is 8.47. The maximum Gasteiger partial charge on any atom is 0.146 e. The Morgan fingerprint density at radius 2 is 2.14 bits per heavy atom. The van der Waals surface area contributed by atoms with Gasteiger partial charge in [-0.25, -0.2) is 4.39 Å². The minimum absolute atomic E-state index is 0.000678. The maximum absolute atomic E-state index is 14.6. The van der Waals surface area contributed by atoms with Crippen LogP contribution < -0.4 is 10.2 Å². The molecule has 1 aromatic carbocycles. The molecule has 3 nitrogen and oxygen atoms in total. The monoisotopic (exact) mass is 306 g/mol. The SMILES string of the molecule is CC1(CO)CCN(c2ccc(C3CCCNC3)cc2F)CC1. The lowest BCUT2D eigenvalue weighted by molar-refractivity contribution is 0.114. The molecule has 2 fully saturated rings. The Balaban J connectivity index is 1.70. The fourth-order valence-electron chi connectivity index (χ4n) is 3.62. The number of benzene rings is 1. The summed E-state index contributed by atoms with van der Waals surface area (Å²) in [6.45, 7) is 6.00. The van der Waals surface area contributed by atoms with Gasteiger partial charge in [-0.3, -0.25) is 0 Å². The number of hydrogen-bond donors (Lipinski definition) is 2. The van der Waals surface area contributed by atoms with Crippen LogP contribution in [0.4, 0.5) is 10.1 Å². The minimum Gasteiger partial charge on any atom is -0.396 e. The molecule has 0 aromatic heterocycles. The van der Waals surface area contributed by atoms with E-state index >= 15 is 0 Å². The summed E-state index contributed by atoms with van der Waals surface area (Å²) >= 11 is 0. The lowest BCUT2D eigenvalue weighted by atomic mass is 9.81. The van der Waals surface area contributed by atoms with E-state index in [1.165, 1.54) is 6.42 Å². The molecule has 3 rings (SSSR count). The first-order valence-corrected chi connectivity index (χ1v) is 8.47. The van der Waals surface area contributed by atoms with Gasteiger partial charge in [0.15, 0.2) is 0 Å². The molecule has 0 aliphatic carbocycles. The Hall–Kier alpha value is -1.13. The van der Waals surface area contributed by atoms with Crippen molar-refractivity contribution in [3.63, 3.8) is 0 Å². The Morgan fingerprint density at radius 3 is 2.73 bits per heavy atom. The van der Waals surface area contributed by atoms with Crippen LogP contribution in [0.5, 0.6) is 0 Å². The molecule has 4 heteroatoms. The zero-order valence-electron chi connectivity index (χ0n) is 13.4. The lowest BCUT2D eigenvalue weighted by Crippen LogP contribution is -2.40. The van der Waals surface area contributed by atoms with Crippen LogP contribution in [0.1, 0.15) is 44.1 Å². The average Bonchev–Trinajstić information content (AvgIpc) is 2.57. The van der Waals surface area contributed by atoms with Crippen molar-refractivity contribution >= 4 is 5.69 Å². The van der Waals surface area contributed by atoms with E-state index in [0.29, 0.717) is 11.6 Å². The summed E-state index contributed by atoms with van der Waals surface area (Å²) in [6, 6.07) is 5.77. The van der Waals surface area contributed by atoms with Crippen LogP contribution in [0.3, 0.4) is 0 Å². The van der Waals surface area contributed by atoms with Gasteiger partial charge in [0.25, 0.3) is 0 Å². The average molecular weight is 306 g/mol. The predicted octanol–water partition coefficient (Wildman–Crippen LogP) is 2.89. The van der Waals surface area contributed by atoms with Crippen molar-refractivity contribution < 1.29 is 9.50 Å². The smallest absolute Gasteiger partial charge is 0.146 e. The summed E-state index contributed by atoms with van der Waals surface area (Å²) in [4.78, 5) is 2.12. The third-order valence-electron chi connectivity index (χ3n) is 5.43. The van der Waals surface area contributed by atoms with Gasteiger partial charge in [0.2, 0.25) is 0 Å². The molecule has 1 atom stereocenters. The fourth-order valence-corrected chi connectivity index (χ4v) is 3.62. The molecule has 0 spiro atoms. The molecular formula is C18H27FN2O. The van der Waals surface area contributed by atoms with Crippen molar-refractivity contribution in [1.82, 2.24) is 5.32 Å². The van der Waals surface area contributed by atoms with Crippen LogP contribution in [0.15, 0.2) is 18.2 Å². The van der Waals surface area contributed by atoms with E-state index in [2.05, 4.69) is 23.2 Å². The Kier molecular flexibility index (Phi) is 4.69. The highest BCUT2D eigenvalue weighted by atomic mass is 19.1. The highest BCUT2D eigenvalue weighted by molar-refractivity contribution is 5.50. The predicted molar refractivity (Wildman–Crippen MR) is 87.9 cm³/mol. The van der Waals surface area contributed by atoms with Gasteiger partial charge in [0.1, 0.15) is 5.82 Å². The number of nitrogens with zero attached hydrogens (tertiary/aromatic N) is 1. The van der Waals surface area contributed by atoms with Gasteiger partial charge < -0.3 is 15.3 Å². The van der Waals surface area contributed by atoms with Crippen LogP contribution in [-0.2, 0) is 0 Å². The second kappa shape index (κ2) is 6.55. The molecule has 0 amide bonds. The van der Waals surface area contributed by atoms with E-state index in [-0.39, 0.29) is 17.8 Å². The van der Waals surface area contributed by atoms with Crippen molar-refractivity contribution in [2.45, 2.75) is 38.5 Å². The largest absolute Gasteiger partial charge is 0.396 e. The summed E-state index contributed by atoms with van der Waals surface area (Å²) in [7, 11) is 0. The van der Waals surface area contributed by atoms with Crippen molar-refractivity contribution in [3.05, 3.63) is 29.6 Å². The fraction of sp³-hybridized carbons (Fsp3) is 0.667. The molecule has 1 aromatic rings. The minimum atomic E-state index is -0.101. The molecule has 2 heterocycles. The number of aliphatic hydroxyl groups excluding tert-OH is 1. The van der Waals surface area contributed by atoms with Gasteiger partial charge in [-0.15, -0.1) is 0 Å². The number of nitrogens with one attached hydrogen (secondary N) is 1. The Labute approximate surface area is 132 Å². The quantitative estimate of drug-likeness (QED) is 0.901.